The maximum atomic E-state index is 10.7. The Bertz CT molecular complexity index is 981. The maximum Gasteiger partial charge on any atom is 0.123 e. The van der Waals surface area contributed by atoms with E-state index in [9.17, 15) is 5.11 Å². The SMILES string of the molecule is C=C(/C(=C\CC)c1ccc(C)cc1)c1ccc(CCC2=CC=C(Cl)CC2)cc1O.CN. The average molecular weight is 436 g/mol. The number of hydrogen-bond donors (Lipinski definition) is 2. The lowest BCUT2D eigenvalue weighted by Gasteiger charge is -2.15. The number of allylic oxidation sites excluding steroid dienone is 7. The third-order valence-electron chi connectivity index (χ3n) is 5.40. The van der Waals surface area contributed by atoms with Gasteiger partial charge in [0.15, 0.2) is 0 Å². The van der Waals surface area contributed by atoms with Crippen LogP contribution >= 0.6 is 11.6 Å². The zero-order valence-corrected chi connectivity index (χ0v) is 19.7. The smallest absolute Gasteiger partial charge is 0.123 e. The van der Waals surface area contributed by atoms with Gasteiger partial charge in [0.25, 0.3) is 0 Å². The summed E-state index contributed by atoms with van der Waals surface area (Å²) in [6, 6.07) is 14.4. The largest absolute Gasteiger partial charge is 0.507 e. The first-order valence-electron chi connectivity index (χ1n) is 10.9. The van der Waals surface area contributed by atoms with E-state index in [1.54, 1.807) is 0 Å². The summed E-state index contributed by atoms with van der Waals surface area (Å²) >= 11 is 6.04. The first-order chi connectivity index (χ1) is 15.0. The van der Waals surface area contributed by atoms with Crippen molar-refractivity contribution in [3.05, 3.63) is 100 Å². The van der Waals surface area contributed by atoms with Crippen molar-refractivity contribution >= 4 is 22.7 Å². The molecule has 3 rings (SSSR count). The molecule has 2 nitrogen and oxygen atoms in total. The summed E-state index contributed by atoms with van der Waals surface area (Å²) in [5.41, 5.74) is 12.1. The number of hydrogen-bond acceptors (Lipinski definition) is 2. The highest BCUT2D eigenvalue weighted by atomic mass is 35.5. The van der Waals surface area contributed by atoms with Crippen molar-refractivity contribution in [3.8, 4) is 5.75 Å². The molecule has 0 aromatic heterocycles. The van der Waals surface area contributed by atoms with E-state index in [4.69, 9.17) is 11.6 Å². The normalized spacial score (nSPS) is 13.6. The topological polar surface area (TPSA) is 46.2 Å². The molecule has 0 spiro atoms. The van der Waals surface area contributed by atoms with Gasteiger partial charge < -0.3 is 10.8 Å². The van der Waals surface area contributed by atoms with Crippen molar-refractivity contribution in [3.63, 3.8) is 0 Å². The number of phenols is 1. The zero-order valence-electron chi connectivity index (χ0n) is 18.9. The number of rotatable bonds is 7. The van der Waals surface area contributed by atoms with Crippen LogP contribution in [0, 0.1) is 6.92 Å². The van der Waals surface area contributed by atoms with E-state index in [0.717, 1.165) is 65.0 Å². The van der Waals surface area contributed by atoms with Gasteiger partial charge in [0.05, 0.1) is 0 Å². The van der Waals surface area contributed by atoms with E-state index in [0.29, 0.717) is 5.75 Å². The molecule has 0 bridgehead atoms. The minimum absolute atomic E-state index is 0.294. The molecule has 0 saturated heterocycles. The molecule has 3 N–H and O–H groups in total. The van der Waals surface area contributed by atoms with Crippen molar-refractivity contribution in [2.45, 2.75) is 46.0 Å². The van der Waals surface area contributed by atoms with Gasteiger partial charge in [0.1, 0.15) is 5.75 Å². The molecule has 0 saturated carbocycles. The average Bonchev–Trinajstić information content (AvgIpc) is 2.79. The van der Waals surface area contributed by atoms with Crippen LogP contribution in [0.5, 0.6) is 5.75 Å². The fourth-order valence-electron chi connectivity index (χ4n) is 3.65. The van der Waals surface area contributed by atoms with E-state index in [1.165, 1.54) is 18.2 Å². The predicted octanol–water partition coefficient (Wildman–Crippen LogP) is 7.56. The van der Waals surface area contributed by atoms with Gasteiger partial charge in [-0.2, -0.15) is 0 Å². The summed E-state index contributed by atoms with van der Waals surface area (Å²) in [7, 11) is 1.50. The second-order valence-corrected chi connectivity index (χ2v) is 8.15. The van der Waals surface area contributed by atoms with Crippen LogP contribution in [0.1, 0.15) is 54.9 Å². The summed E-state index contributed by atoms with van der Waals surface area (Å²) in [6.45, 7) is 8.51. The van der Waals surface area contributed by atoms with Gasteiger partial charge in [-0.05, 0) is 80.5 Å². The molecule has 1 aliphatic carbocycles. The van der Waals surface area contributed by atoms with Gasteiger partial charge in [0, 0.05) is 10.6 Å². The highest BCUT2D eigenvalue weighted by Gasteiger charge is 2.13. The third-order valence-corrected chi connectivity index (χ3v) is 5.72. The lowest BCUT2D eigenvalue weighted by Crippen LogP contribution is -1.95. The predicted molar refractivity (Wildman–Crippen MR) is 136 cm³/mol. The summed E-state index contributed by atoms with van der Waals surface area (Å²) in [5.74, 6) is 0.294. The van der Waals surface area contributed by atoms with Crippen LogP contribution in [0.4, 0.5) is 0 Å². The molecule has 31 heavy (non-hydrogen) atoms. The number of halogens is 1. The molecular formula is C28H34ClNO. The van der Waals surface area contributed by atoms with E-state index >= 15 is 0 Å². The Kier molecular flexibility index (Phi) is 9.84. The molecule has 0 radical (unpaired) electrons. The second-order valence-electron chi connectivity index (χ2n) is 7.66. The number of phenolic OH excluding ortho intramolecular Hbond substituents is 1. The summed E-state index contributed by atoms with van der Waals surface area (Å²) in [5, 5.41) is 11.6. The number of aromatic hydroxyl groups is 1. The van der Waals surface area contributed by atoms with Gasteiger partial charge in [-0.3, -0.25) is 0 Å². The molecule has 0 atom stereocenters. The van der Waals surface area contributed by atoms with Crippen molar-refractivity contribution in [2.75, 3.05) is 7.05 Å². The standard InChI is InChI=1S/C27H29ClO.CH5N/c1-4-5-25(23-13-6-19(2)7-14-23)20(3)26-17-12-22(18-27(26)29)9-8-21-10-15-24(28)16-11-21;1-2/h5-7,10,12-15,17-18,29H,3-4,8-9,11,16H2,1-2H3;2H2,1H3/b25-5+;. The molecule has 0 unspecified atom stereocenters. The van der Waals surface area contributed by atoms with Crippen molar-refractivity contribution in [1.29, 1.82) is 0 Å². The number of nitrogens with two attached hydrogens (primary N) is 1. The van der Waals surface area contributed by atoms with E-state index in [1.807, 2.05) is 18.2 Å². The molecule has 2 aromatic rings. The van der Waals surface area contributed by atoms with Crippen LogP contribution in [0.3, 0.4) is 0 Å². The van der Waals surface area contributed by atoms with E-state index in [-0.39, 0.29) is 0 Å². The minimum atomic E-state index is 0.294. The van der Waals surface area contributed by atoms with Gasteiger partial charge in [-0.15, -0.1) is 0 Å². The van der Waals surface area contributed by atoms with E-state index in [2.05, 4.69) is 68.6 Å². The van der Waals surface area contributed by atoms with Gasteiger partial charge in [-0.25, -0.2) is 0 Å². The molecule has 3 heteroatoms. The van der Waals surface area contributed by atoms with Crippen molar-refractivity contribution in [1.82, 2.24) is 0 Å². The molecule has 1 aliphatic rings. The van der Waals surface area contributed by atoms with Crippen LogP contribution in [-0.2, 0) is 6.42 Å². The Balaban J connectivity index is 0.00000166. The summed E-state index contributed by atoms with van der Waals surface area (Å²) in [4.78, 5) is 0. The Hall–Kier alpha value is -2.55. The molecule has 0 amide bonds. The van der Waals surface area contributed by atoms with Crippen LogP contribution in [0.25, 0.3) is 11.1 Å². The minimum Gasteiger partial charge on any atom is -0.507 e. The van der Waals surface area contributed by atoms with Crippen molar-refractivity contribution < 1.29 is 5.11 Å². The Morgan fingerprint density at radius 2 is 1.77 bits per heavy atom. The number of benzene rings is 2. The highest BCUT2D eigenvalue weighted by molar-refractivity contribution is 6.29. The van der Waals surface area contributed by atoms with Crippen LogP contribution < -0.4 is 5.73 Å². The first-order valence-corrected chi connectivity index (χ1v) is 11.3. The highest BCUT2D eigenvalue weighted by Crippen LogP contribution is 2.36. The Labute approximate surface area is 192 Å². The second kappa shape index (κ2) is 12.3. The van der Waals surface area contributed by atoms with Crippen LogP contribution in [0.15, 0.2) is 77.9 Å². The summed E-state index contributed by atoms with van der Waals surface area (Å²) < 4.78 is 0. The fraction of sp³-hybridized carbons (Fsp3) is 0.286. The molecule has 0 heterocycles. The number of aryl methyl sites for hydroxylation is 2. The molecule has 0 fully saturated rings. The molecule has 2 aromatic carbocycles. The lowest BCUT2D eigenvalue weighted by molar-refractivity contribution is 0.473. The maximum absolute atomic E-state index is 10.7. The lowest BCUT2D eigenvalue weighted by atomic mass is 9.90. The quantitative estimate of drug-likeness (QED) is 0.440. The monoisotopic (exact) mass is 435 g/mol. The van der Waals surface area contributed by atoms with Crippen molar-refractivity contribution in [2.24, 2.45) is 5.73 Å². The van der Waals surface area contributed by atoms with Gasteiger partial charge in [-0.1, -0.05) is 84.8 Å². The fourth-order valence-corrected chi connectivity index (χ4v) is 3.81. The third kappa shape index (κ3) is 6.99. The molecule has 164 valence electrons. The van der Waals surface area contributed by atoms with Gasteiger partial charge in [0.2, 0.25) is 0 Å². The first kappa shape index (κ1) is 24.7. The zero-order chi connectivity index (χ0) is 22.8. The molecular weight excluding hydrogens is 402 g/mol. The van der Waals surface area contributed by atoms with E-state index < -0.39 is 0 Å². The Morgan fingerprint density at radius 1 is 1.06 bits per heavy atom. The Morgan fingerprint density at radius 3 is 2.35 bits per heavy atom. The molecule has 0 aliphatic heterocycles. The summed E-state index contributed by atoms with van der Waals surface area (Å²) in [6.07, 6.45) is 11.1. The van der Waals surface area contributed by atoms with Crippen LogP contribution in [0.2, 0.25) is 0 Å². The van der Waals surface area contributed by atoms with Crippen LogP contribution in [-0.4, -0.2) is 12.2 Å². The van der Waals surface area contributed by atoms with Gasteiger partial charge >= 0.3 is 0 Å².